The monoisotopic (exact) mass is 138 g/mol. The van der Waals surface area contributed by atoms with Gasteiger partial charge in [0, 0.05) is 18.8 Å². The molecular formula is C7H8NO2. The van der Waals surface area contributed by atoms with E-state index in [9.17, 15) is 4.79 Å². The second-order valence-corrected chi connectivity index (χ2v) is 2.12. The third-order valence-electron chi connectivity index (χ3n) is 1.32. The molecule has 3 nitrogen and oxygen atoms in total. The molecule has 3 heteroatoms. The average Bonchev–Trinajstić information content (AvgIpc) is 1.82. The summed E-state index contributed by atoms with van der Waals surface area (Å²) in [5.74, 6) is -0.0117. The maximum Gasteiger partial charge on any atom is 0.254 e. The molecule has 1 aromatic heterocycles. The summed E-state index contributed by atoms with van der Waals surface area (Å²) in [4.78, 5) is 10.8. The summed E-state index contributed by atoms with van der Waals surface area (Å²) in [6.07, 6.45) is 0. The summed E-state index contributed by atoms with van der Waals surface area (Å²) in [5, 5.41) is 8.88. The van der Waals surface area contributed by atoms with Crippen molar-refractivity contribution in [2.75, 3.05) is 0 Å². The van der Waals surface area contributed by atoms with Gasteiger partial charge in [0.15, 0.2) is 0 Å². The van der Waals surface area contributed by atoms with Crippen molar-refractivity contribution in [3.63, 3.8) is 0 Å². The molecule has 0 spiro atoms. The van der Waals surface area contributed by atoms with Crippen LogP contribution in [0.1, 0.15) is 5.69 Å². The van der Waals surface area contributed by atoms with Crippen molar-refractivity contribution in [2.24, 2.45) is 0 Å². The topological polar surface area (TPSA) is 42.2 Å². The van der Waals surface area contributed by atoms with Crippen LogP contribution in [0.5, 0.6) is 5.75 Å². The lowest BCUT2D eigenvalue weighted by Crippen LogP contribution is -2.15. The van der Waals surface area contributed by atoms with Gasteiger partial charge in [-0.15, -0.1) is 0 Å². The molecule has 0 aliphatic rings. The molecule has 0 aliphatic heterocycles. The van der Waals surface area contributed by atoms with Gasteiger partial charge in [0.1, 0.15) is 5.75 Å². The number of hydrogen-bond donors (Lipinski definition) is 1. The quantitative estimate of drug-likeness (QED) is 0.567. The van der Waals surface area contributed by atoms with Crippen molar-refractivity contribution in [1.82, 2.24) is 4.57 Å². The van der Waals surface area contributed by atoms with Gasteiger partial charge in [-0.1, -0.05) is 0 Å². The lowest BCUT2D eigenvalue weighted by atomic mass is 10.3. The number of hydrogen-bond acceptors (Lipinski definition) is 2. The molecule has 0 amide bonds. The molecule has 53 valence electrons. The number of aromatic nitrogens is 1. The first-order valence-corrected chi connectivity index (χ1v) is 2.85. The van der Waals surface area contributed by atoms with Crippen molar-refractivity contribution >= 4 is 0 Å². The molecule has 0 aromatic carbocycles. The molecule has 0 atom stereocenters. The predicted octanol–water partition coefficient (Wildman–Crippen LogP) is 0.502. The van der Waals surface area contributed by atoms with Gasteiger partial charge in [0.05, 0.1) is 0 Å². The van der Waals surface area contributed by atoms with E-state index in [1.54, 1.807) is 6.92 Å². The summed E-state index contributed by atoms with van der Waals surface area (Å²) in [6, 6.07) is 2.61. The maximum atomic E-state index is 10.8. The molecule has 0 bridgehead atoms. The average molecular weight is 138 g/mol. The molecule has 10 heavy (non-hydrogen) atoms. The van der Waals surface area contributed by atoms with Crippen LogP contribution in [-0.4, -0.2) is 9.67 Å². The van der Waals surface area contributed by atoms with Crippen LogP contribution in [0, 0.1) is 14.0 Å². The Labute approximate surface area is 58.5 Å². The lowest BCUT2D eigenvalue weighted by Gasteiger charge is -2.00. The van der Waals surface area contributed by atoms with Crippen LogP contribution in [0.25, 0.3) is 0 Å². The van der Waals surface area contributed by atoms with Gasteiger partial charge in [-0.3, -0.25) is 4.79 Å². The number of pyridine rings is 1. The predicted molar refractivity (Wildman–Crippen MR) is 37.9 cm³/mol. The first kappa shape index (κ1) is 6.86. The van der Waals surface area contributed by atoms with Crippen LogP contribution in [-0.2, 0) is 0 Å². The van der Waals surface area contributed by atoms with E-state index in [4.69, 9.17) is 5.11 Å². The minimum absolute atomic E-state index is 0.0117. The van der Waals surface area contributed by atoms with E-state index in [-0.39, 0.29) is 11.3 Å². The zero-order valence-electron chi connectivity index (χ0n) is 5.66. The van der Waals surface area contributed by atoms with E-state index in [1.807, 2.05) is 0 Å². The number of nitrogens with zero attached hydrogens (tertiary/aromatic N) is 1. The third-order valence-corrected chi connectivity index (χ3v) is 1.32. The van der Waals surface area contributed by atoms with Crippen molar-refractivity contribution in [2.45, 2.75) is 6.92 Å². The molecule has 0 aliphatic carbocycles. The second kappa shape index (κ2) is 2.17. The standard InChI is InChI=1S/C7H8NO2/c1-5-3-6(9)4-7(10)8(5)2/h3-4,9H,2H2,1H3. The summed E-state index contributed by atoms with van der Waals surface area (Å²) in [5.41, 5.74) is 0.350. The molecule has 1 N–H and O–H groups in total. The lowest BCUT2D eigenvalue weighted by molar-refractivity contribution is 0.472. The first-order chi connectivity index (χ1) is 4.61. The third kappa shape index (κ3) is 1.03. The van der Waals surface area contributed by atoms with Gasteiger partial charge in [-0.2, -0.15) is 0 Å². The molecule has 0 unspecified atom stereocenters. The van der Waals surface area contributed by atoms with E-state index in [2.05, 4.69) is 7.05 Å². The summed E-state index contributed by atoms with van der Waals surface area (Å²) in [6.45, 7) is 1.70. The molecule has 0 saturated heterocycles. The summed E-state index contributed by atoms with van der Waals surface area (Å²) >= 11 is 0. The Kier molecular flexibility index (Phi) is 1.49. The summed E-state index contributed by atoms with van der Waals surface area (Å²) in [7, 11) is 3.45. The van der Waals surface area contributed by atoms with E-state index in [1.165, 1.54) is 10.6 Å². The van der Waals surface area contributed by atoms with Crippen molar-refractivity contribution in [3.05, 3.63) is 35.2 Å². The highest BCUT2D eigenvalue weighted by Crippen LogP contribution is 2.05. The minimum atomic E-state index is -0.294. The summed E-state index contributed by atoms with van der Waals surface area (Å²) < 4.78 is 1.22. The Hall–Kier alpha value is -1.25. The number of rotatable bonds is 0. The van der Waals surface area contributed by atoms with Gasteiger partial charge in [-0.25, -0.2) is 0 Å². The molecule has 0 fully saturated rings. The highest BCUT2D eigenvalue weighted by Gasteiger charge is 1.95. The van der Waals surface area contributed by atoms with Gasteiger partial charge in [0.25, 0.3) is 5.56 Å². The molecule has 0 saturated carbocycles. The van der Waals surface area contributed by atoms with E-state index >= 15 is 0 Å². The smallest absolute Gasteiger partial charge is 0.254 e. The van der Waals surface area contributed by atoms with Crippen LogP contribution >= 0.6 is 0 Å². The van der Waals surface area contributed by atoms with Gasteiger partial charge in [-0.05, 0) is 13.0 Å². The fraction of sp³-hybridized carbons (Fsp3) is 0.143. The van der Waals surface area contributed by atoms with Crippen LogP contribution in [0.3, 0.4) is 0 Å². The van der Waals surface area contributed by atoms with Crippen LogP contribution in [0.2, 0.25) is 0 Å². The van der Waals surface area contributed by atoms with E-state index in [0.717, 1.165) is 6.07 Å². The van der Waals surface area contributed by atoms with Crippen molar-refractivity contribution < 1.29 is 5.11 Å². The van der Waals surface area contributed by atoms with E-state index in [0.29, 0.717) is 5.69 Å². The fourth-order valence-corrected chi connectivity index (χ4v) is 0.712. The van der Waals surface area contributed by atoms with Crippen molar-refractivity contribution in [1.29, 1.82) is 0 Å². The molecule has 1 heterocycles. The maximum absolute atomic E-state index is 10.8. The zero-order chi connectivity index (χ0) is 7.72. The normalized spacial score (nSPS) is 9.80. The van der Waals surface area contributed by atoms with E-state index < -0.39 is 0 Å². The van der Waals surface area contributed by atoms with Gasteiger partial charge in [0.2, 0.25) is 0 Å². The Bertz CT molecular complexity index is 301. The molecular weight excluding hydrogens is 130 g/mol. The Morgan fingerprint density at radius 2 is 2.20 bits per heavy atom. The fourth-order valence-electron chi connectivity index (χ4n) is 0.712. The van der Waals surface area contributed by atoms with Crippen LogP contribution in [0.4, 0.5) is 0 Å². The first-order valence-electron chi connectivity index (χ1n) is 2.85. The molecule has 1 aromatic rings. The number of aryl methyl sites for hydroxylation is 1. The van der Waals surface area contributed by atoms with Crippen LogP contribution < -0.4 is 5.56 Å². The Balaban J connectivity index is 3.46. The highest BCUT2D eigenvalue weighted by atomic mass is 16.3. The largest absolute Gasteiger partial charge is 0.508 e. The van der Waals surface area contributed by atoms with Crippen LogP contribution in [0.15, 0.2) is 16.9 Å². The minimum Gasteiger partial charge on any atom is -0.508 e. The van der Waals surface area contributed by atoms with Gasteiger partial charge >= 0.3 is 0 Å². The zero-order valence-corrected chi connectivity index (χ0v) is 5.66. The Morgan fingerprint density at radius 3 is 2.70 bits per heavy atom. The van der Waals surface area contributed by atoms with Gasteiger partial charge < -0.3 is 9.67 Å². The van der Waals surface area contributed by atoms with Crippen molar-refractivity contribution in [3.8, 4) is 5.75 Å². The molecule has 1 rings (SSSR count). The Morgan fingerprint density at radius 1 is 1.60 bits per heavy atom. The second-order valence-electron chi connectivity index (χ2n) is 2.12. The SMILES string of the molecule is [CH2]n1c(C)cc(O)cc1=O. The number of aromatic hydroxyl groups is 1. The molecule has 1 radical (unpaired) electrons. The highest BCUT2D eigenvalue weighted by molar-refractivity contribution is 5.21.